The maximum absolute atomic E-state index is 10.4. The lowest BCUT2D eigenvalue weighted by Gasteiger charge is -1.98. The zero-order valence-corrected chi connectivity index (χ0v) is 8.35. The lowest BCUT2D eigenvalue weighted by Crippen LogP contribution is -1.95. The average molecular weight is 260 g/mol. The zero-order chi connectivity index (χ0) is 10.9. The molecule has 0 aliphatic rings. The van der Waals surface area contributed by atoms with Crippen molar-refractivity contribution in [1.29, 1.82) is 0 Å². The summed E-state index contributed by atoms with van der Waals surface area (Å²) in [6.07, 6.45) is 0. The fourth-order valence-electron chi connectivity index (χ4n) is 0.902. The molecule has 1 radical (unpaired) electrons. The van der Waals surface area contributed by atoms with Gasteiger partial charge in [-0.2, -0.15) is 0 Å². The second-order valence-corrected chi connectivity index (χ2v) is 3.30. The minimum atomic E-state index is -0.707. The van der Waals surface area contributed by atoms with Gasteiger partial charge in [0, 0.05) is 5.56 Å². The molecule has 1 rings (SSSR count). The summed E-state index contributed by atoms with van der Waals surface area (Å²) < 4.78 is 0.179. The van der Waals surface area contributed by atoms with Crippen LogP contribution in [-0.4, -0.2) is 9.85 Å². The van der Waals surface area contributed by atoms with Gasteiger partial charge in [-0.05, 0) is 28.9 Å². The van der Waals surface area contributed by atoms with E-state index in [1.807, 2.05) is 0 Å². The van der Waals surface area contributed by atoms with Crippen LogP contribution < -0.4 is 0 Å². The summed E-state index contributed by atoms with van der Waals surface area (Å²) in [6, 6.07) is 2.13. The van der Waals surface area contributed by atoms with Crippen LogP contribution in [0.2, 0.25) is 0 Å². The monoisotopic (exact) mass is 259 g/mol. The van der Waals surface area contributed by atoms with Gasteiger partial charge in [-0.1, -0.05) is 0 Å². The highest BCUT2D eigenvalue weighted by atomic mass is 79.9. The van der Waals surface area contributed by atoms with Crippen LogP contribution in [0.5, 0.6) is 0 Å². The third-order valence-electron chi connectivity index (χ3n) is 1.54. The Morgan fingerprint density at radius 1 is 1.14 bits per heavy atom. The van der Waals surface area contributed by atoms with Crippen LogP contribution in [0.4, 0.5) is 11.4 Å². The van der Waals surface area contributed by atoms with Gasteiger partial charge in [0.15, 0.2) is 0 Å². The first-order valence-electron chi connectivity index (χ1n) is 3.37. The maximum atomic E-state index is 10.4. The fourth-order valence-corrected chi connectivity index (χ4v) is 1.44. The van der Waals surface area contributed by atoms with E-state index in [-0.39, 0.29) is 21.4 Å². The number of rotatable bonds is 2. The lowest BCUT2D eigenvalue weighted by molar-refractivity contribution is -0.394. The van der Waals surface area contributed by atoms with E-state index in [0.29, 0.717) is 0 Å². The molecule has 0 aromatic heterocycles. The molecule has 0 fully saturated rings. The second-order valence-electron chi connectivity index (χ2n) is 2.45. The minimum absolute atomic E-state index is 0.132. The molecule has 0 unspecified atom stereocenters. The van der Waals surface area contributed by atoms with Crippen molar-refractivity contribution < 1.29 is 9.85 Å². The van der Waals surface area contributed by atoms with E-state index in [4.69, 9.17) is 0 Å². The average Bonchev–Trinajstić information content (AvgIpc) is 2.02. The molecule has 0 N–H and O–H groups in total. The normalized spacial score (nSPS) is 9.86. The van der Waals surface area contributed by atoms with Crippen molar-refractivity contribution in [3.05, 3.63) is 49.3 Å². The molecule has 14 heavy (non-hydrogen) atoms. The number of benzene rings is 1. The predicted molar refractivity (Wildman–Crippen MR) is 51.9 cm³/mol. The van der Waals surface area contributed by atoms with Gasteiger partial charge in [-0.3, -0.25) is 20.2 Å². The van der Waals surface area contributed by atoms with Crippen molar-refractivity contribution in [1.82, 2.24) is 0 Å². The van der Waals surface area contributed by atoms with Crippen molar-refractivity contribution in [3.63, 3.8) is 0 Å². The molecule has 0 amide bonds. The maximum Gasteiger partial charge on any atom is 0.290 e. The van der Waals surface area contributed by atoms with Gasteiger partial charge >= 0.3 is 0 Å². The molecule has 6 nitrogen and oxygen atoms in total. The Bertz CT molecular complexity index is 383. The van der Waals surface area contributed by atoms with Crippen molar-refractivity contribution in [2.45, 2.75) is 0 Å². The highest BCUT2D eigenvalue weighted by Gasteiger charge is 2.20. The molecule has 7 heteroatoms. The molecule has 0 saturated carbocycles. The van der Waals surface area contributed by atoms with Crippen LogP contribution in [-0.2, 0) is 0 Å². The van der Waals surface area contributed by atoms with Crippen molar-refractivity contribution in [3.8, 4) is 0 Å². The molecule has 0 aliphatic carbocycles. The third kappa shape index (κ3) is 1.87. The zero-order valence-electron chi connectivity index (χ0n) is 6.77. The molecule has 0 saturated heterocycles. The third-order valence-corrected chi connectivity index (χ3v) is 2.18. The summed E-state index contributed by atoms with van der Waals surface area (Å²) in [7, 11) is 0. The molecule has 0 heterocycles. The number of nitro groups is 2. The fraction of sp³-hybridized carbons (Fsp3) is 0. The number of nitrogens with zero attached hydrogens (tertiary/aromatic N) is 2. The second kappa shape index (κ2) is 3.70. The molecule has 0 bridgehead atoms. The van der Waals surface area contributed by atoms with Crippen molar-refractivity contribution >= 4 is 27.3 Å². The van der Waals surface area contributed by atoms with Gasteiger partial charge in [0.05, 0.1) is 20.4 Å². The summed E-state index contributed by atoms with van der Waals surface area (Å²) in [5, 5.41) is 20.9. The Kier molecular flexibility index (Phi) is 2.80. The molecule has 1 aromatic rings. The van der Waals surface area contributed by atoms with E-state index >= 15 is 0 Å². The van der Waals surface area contributed by atoms with E-state index < -0.39 is 9.85 Å². The first kappa shape index (κ1) is 10.6. The van der Waals surface area contributed by atoms with Gasteiger partial charge < -0.3 is 0 Å². The highest BCUT2D eigenvalue weighted by molar-refractivity contribution is 9.10. The van der Waals surface area contributed by atoms with Gasteiger partial charge in [-0.25, -0.2) is 0 Å². The van der Waals surface area contributed by atoms with Crippen LogP contribution >= 0.6 is 15.9 Å². The van der Waals surface area contributed by atoms with E-state index in [2.05, 4.69) is 22.9 Å². The molecule has 1 aromatic carbocycles. The summed E-state index contributed by atoms with van der Waals surface area (Å²) in [5.41, 5.74) is -0.573. The van der Waals surface area contributed by atoms with Gasteiger partial charge in [-0.15, -0.1) is 0 Å². The Labute approximate surface area is 87.0 Å². The first-order chi connectivity index (χ1) is 6.43. The van der Waals surface area contributed by atoms with Crippen molar-refractivity contribution in [2.75, 3.05) is 0 Å². The molecule has 73 valence electrons. The van der Waals surface area contributed by atoms with E-state index in [1.54, 1.807) is 0 Å². The largest absolute Gasteiger partial charge is 0.290 e. The van der Waals surface area contributed by atoms with E-state index in [9.17, 15) is 20.2 Å². The van der Waals surface area contributed by atoms with E-state index in [0.717, 1.165) is 6.07 Å². The number of nitro benzene ring substituents is 2. The van der Waals surface area contributed by atoms with E-state index in [1.165, 1.54) is 6.07 Å². The van der Waals surface area contributed by atoms with Gasteiger partial charge in [0.1, 0.15) is 0 Å². The molecule has 0 spiro atoms. The summed E-state index contributed by atoms with van der Waals surface area (Å²) >= 11 is 2.93. The van der Waals surface area contributed by atoms with Gasteiger partial charge in [0.2, 0.25) is 0 Å². The Morgan fingerprint density at radius 3 is 2.07 bits per heavy atom. The van der Waals surface area contributed by atoms with Gasteiger partial charge in [0.25, 0.3) is 11.4 Å². The number of halogens is 1. The van der Waals surface area contributed by atoms with Crippen LogP contribution in [0.1, 0.15) is 5.56 Å². The highest BCUT2D eigenvalue weighted by Crippen LogP contribution is 2.31. The predicted octanol–water partition coefficient (Wildman–Crippen LogP) is 2.45. The quantitative estimate of drug-likeness (QED) is 0.603. The Morgan fingerprint density at radius 2 is 1.64 bits per heavy atom. The topological polar surface area (TPSA) is 86.3 Å². The number of hydrogen-bond acceptors (Lipinski definition) is 4. The summed E-state index contributed by atoms with van der Waals surface area (Å²) in [6.45, 7) is 3.41. The first-order valence-corrected chi connectivity index (χ1v) is 4.17. The smallest absolute Gasteiger partial charge is 0.258 e. The standard InChI is InChI=1S/C7H4BrN2O4/c1-4-2-5(8)7(10(13)14)3-6(4)9(11)12/h2-3H,1H2. The van der Waals surface area contributed by atoms with Crippen LogP contribution in [0.25, 0.3) is 0 Å². The van der Waals surface area contributed by atoms with Crippen molar-refractivity contribution in [2.24, 2.45) is 0 Å². The minimum Gasteiger partial charge on any atom is -0.258 e. The van der Waals surface area contributed by atoms with Crippen LogP contribution in [0.3, 0.4) is 0 Å². The van der Waals surface area contributed by atoms with Crippen LogP contribution in [0, 0.1) is 27.2 Å². The Hall–Kier alpha value is -1.50. The Balaban J connectivity index is 3.42. The van der Waals surface area contributed by atoms with Crippen LogP contribution in [0.15, 0.2) is 16.6 Å². The SMILES string of the molecule is [CH2]c1cc(Br)c([N+](=O)[O-])cc1[N+](=O)[O-]. The summed E-state index contributed by atoms with van der Waals surface area (Å²) in [4.78, 5) is 19.5. The molecule has 0 aliphatic heterocycles. The number of hydrogen-bond donors (Lipinski definition) is 0. The summed E-state index contributed by atoms with van der Waals surface area (Å²) in [5.74, 6) is 0. The lowest BCUT2D eigenvalue weighted by atomic mass is 10.2. The molecular formula is C7H4BrN2O4. The molecule has 0 atom stereocenters. The molecular weight excluding hydrogens is 256 g/mol.